The second kappa shape index (κ2) is 7.94. The van der Waals surface area contributed by atoms with Gasteiger partial charge in [-0.05, 0) is 65.2 Å². The quantitative estimate of drug-likeness (QED) is 0.782. The van der Waals surface area contributed by atoms with Gasteiger partial charge in [-0.2, -0.15) is 0 Å². The minimum Gasteiger partial charge on any atom is -0.494 e. The summed E-state index contributed by atoms with van der Waals surface area (Å²) in [5.41, 5.74) is 1.43. The molecule has 0 atom stereocenters. The number of halogens is 2. The molecular weight excluding hydrogens is 349 g/mol. The molecule has 5 heteroatoms. The Bertz CT molecular complexity index is 661. The Balaban J connectivity index is 1.74. The topological polar surface area (TPSA) is 38.3 Å². The van der Waals surface area contributed by atoms with Gasteiger partial charge in [-0.3, -0.25) is 4.79 Å². The third-order valence-corrected chi connectivity index (χ3v) is 3.73. The first-order valence-electron chi connectivity index (χ1n) is 6.99. The van der Waals surface area contributed by atoms with Gasteiger partial charge in [0.05, 0.1) is 12.2 Å². The van der Waals surface area contributed by atoms with Gasteiger partial charge >= 0.3 is 0 Å². The third-order valence-electron chi connectivity index (χ3n) is 3.04. The Labute approximate surface area is 137 Å². The first-order chi connectivity index (χ1) is 10.6. The molecule has 22 heavy (non-hydrogen) atoms. The van der Waals surface area contributed by atoms with Crippen LogP contribution in [-0.4, -0.2) is 19.1 Å². The SMILES string of the molecule is Cc1cccc(OCCCNC(=O)c2cc(F)ccc2Br)c1. The highest BCUT2D eigenvalue weighted by atomic mass is 79.9. The molecule has 1 N–H and O–H groups in total. The van der Waals surface area contributed by atoms with Crippen molar-refractivity contribution in [1.82, 2.24) is 5.32 Å². The van der Waals surface area contributed by atoms with E-state index >= 15 is 0 Å². The summed E-state index contributed by atoms with van der Waals surface area (Å²) in [6, 6.07) is 11.8. The molecular formula is C17H17BrFNO2. The minimum absolute atomic E-state index is 0.291. The van der Waals surface area contributed by atoms with E-state index in [0.29, 0.717) is 29.6 Å². The number of rotatable bonds is 6. The second-order valence-electron chi connectivity index (χ2n) is 4.90. The van der Waals surface area contributed by atoms with E-state index in [4.69, 9.17) is 4.74 Å². The first kappa shape index (κ1) is 16.5. The molecule has 0 unspecified atom stereocenters. The molecule has 2 aromatic carbocycles. The van der Waals surface area contributed by atoms with E-state index in [1.165, 1.54) is 18.2 Å². The Morgan fingerprint density at radius 2 is 2.09 bits per heavy atom. The van der Waals surface area contributed by atoms with E-state index in [2.05, 4.69) is 21.2 Å². The molecule has 0 heterocycles. The Morgan fingerprint density at radius 1 is 1.27 bits per heavy atom. The lowest BCUT2D eigenvalue weighted by Gasteiger charge is -2.09. The first-order valence-corrected chi connectivity index (χ1v) is 7.78. The number of carbonyl (C=O) groups is 1. The number of hydrogen-bond acceptors (Lipinski definition) is 2. The fourth-order valence-electron chi connectivity index (χ4n) is 1.94. The molecule has 2 rings (SSSR count). The van der Waals surface area contributed by atoms with Crippen LogP contribution in [0.3, 0.4) is 0 Å². The van der Waals surface area contributed by atoms with Gasteiger partial charge in [-0.1, -0.05) is 12.1 Å². The van der Waals surface area contributed by atoms with Gasteiger partial charge in [-0.25, -0.2) is 4.39 Å². The molecule has 0 saturated carbocycles. The molecule has 2 aromatic rings. The van der Waals surface area contributed by atoms with Crippen LogP contribution in [0.15, 0.2) is 46.9 Å². The van der Waals surface area contributed by atoms with Gasteiger partial charge in [-0.15, -0.1) is 0 Å². The molecule has 0 aromatic heterocycles. The lowest BCUT2D eigenvalue weighted by atomic mass is 10.2. The maximum absolute atomic E-state index is 13.1. The molecule has 0 aliphatic rings. The zero-order chi connectivity index (χ0) is 15.9. The largest absolute Gasteiger partial charge is 0.494 e. The van der Waals surface area contributed by atoms with Crippen molar-refractivity contribution < 1.29 is 13.9 Å². The van der Waals surface area contributed by atoms with Crippen LogP contribution in [0.1, 0.15) is 22.3 Å². The summed E-state index contributed by atoms with van der Waals surface area (Å²) in [7, 11) is 0. The van der Waals surface area contributed by atoms with Crippen molar-refractivity contribution in [2.24, 2.45) is 0 Å². The van der Waals surface area contributed by atoms with Crippen LogP contribution in [0.25, 0.3) is 0 Å². The number of hydrogen-bond donors (Lipinski definition) is 1. The van der Waals surface area contributed by atoms with Crippen LogP contribution in [0.4, 0.5) is 4.39 Å². The third kappa shape index (κ3) is 4.84. The van der Waals surface area contributed by atoms with Gasteiger partial charge in [0.25, 0.3) is 5.91 Å². The summed E-state index contributed by atoms with van der Waals surface area (Å²) in [5.74, 6) is 0.0808. The lowest BCUT2D eigenvalue weighted by molar-refractivity contribution is 0.0950. The summed E-state index contributed by atoms with van der Waals surface area (Å²) < 4.78 is 19.3. The van der Waals surface area contributed by atoms with Gasteiger partial charge in [0.15, 0.2) is 0 Å². The van der Waals surface area contributed by atoms with E-state index in [-0.39, 0.29) is 5.91 Å². The van der Waals surface area contributed by atoms with E-state index in [1.807, 2.05) is 31.2 Å². The highest BCUT2D eigenvalue weighted by molar-refractivity contribution is 9.10. The summed E-state index contributed by atoms with van der Waals surface area (Å²) in [4.78, 5) is 11.9. The Morgan fingerprint density at radius 3 is 2.86 bits per heavy atom. The summed E-state index contributed by atoms with van der Waals surface area (Å²) in [6.07, 6.45) is 0.673. The average molecular weight is 366 g/mol. The maximum atomic E-state index is 13.1. The van der Waals surface area contributed by atoms with Crippen LogP contribution in [0, 0.1) is 12.7 Å². The Hall–Kier alpha value is -1.88. The summed E-state index contributed by atoms with van der Waals surface area (Å²) >= 11 is 3.24. The highest BCUT2D eigenvalue weighted by Gasteiger charge is 2.10. The van der Waals surface area contributed by atoms with Gasteiger partial charge < -0.3 is 10.1 Å². The molecule has 0 aliphatic heterocycles. The van der Waals surface area contributed by atoms with Crippen LogP contribution < -0.4 is 10.1 Å². The fourth-order valence-corrected chi connectivity index (χ4v) is 2.36. The molecule has 1 amide bonds. The second-order valence-corrected chi connectivity index (χ2v) is 5.75. The predicted octanol–water partition coefficient (Wildman–Crippen LogP) is 4.10. The summed E-state index contributed by atoms with van der Waals surface area (Å²) in [6.45, 7) is 2.98. The monoisotopic (exact) mass is 365 g/mol. The Kier molecular flexibility index (Phi) is 5.95. The lowest BCUT2D eigenvalue weighted by Crippen LogP contribution is -2.26. The van der Waals surface area contributed by atoms with E-state index in [1.54, 1.807) is 0 Å². The van der Waals surface area contributed by atoms with Gasteiger partial charge in [0, 0.05) is 11.0 Å². The van der Waals surface area contributed by atoms with Gasteiger partial charge in [0.2, 0.25) is 0 Å². The number of benzene rings is 2. The van der Waals surface area contributed by atoms with E-state index in [0.717, 1.165) is 11.3 Å². The number of amides is 1. The van der Waals surface area contributed by atoms with Crippen molar-refractivity contribution in [1.29, 1.82) is 0 Å². The minimum atomic E-state index is -0.434. The smallest absolute Gasteiger partial charge is 0.252 e. The molecule has 0 radical (unpaired) electrons. The van der Waals surface area contributed by atoms with Crippen molar-refractivity contribution in [3.05, 3.63) is 63.9 Å². The highest BCUT2D eigenvalue weighted by Crippen LogP contribution is 2.17. The number of nitrogens with one attached hydrogen (secondary N) is 1. The molecule has 0 bridgehead atoms. The zero-order valence-electron chi connectivity index (χ0n) is 12.2. The molecule has 0 spiro atoms. The molecule has 116 valence electrons. The average Bonchev–Trinajstić information content (AvgIpc) is 2.49. The number of aryl methyl sites for hydroxylation is 1. The molecule has 0 aliphatic carbocycles. The van der Waals surface area contributed by atoms with E-state index in [9.17, 15) is 9.18 Å². The number of ether oxygens (including phenoxy) is 1. The van der Waals surface area contributed by atoms with Gasteiger partial charge in [0.1, 0.15) is 11.6 Å². The van der Waals surface area contributed by atoms with Crippen LogP contribution in [0.2, 0.25) is 0 Å². The van der Waals surface area contributed by atoms with Crippen LogP contribution >= 0.6 is 15.9 Å². The van der Waals surface area contributed by atoms with Crippen molar-refractivity contribution in [3.63, 3.8) is 0 Å². The van der Waals surface area contributed by atoms with Crippen molar-refractivity contribution in [2.75, 3.05) is 13.2 Å². The maximum Gasteiger partial charge on any atom is 0.252 e. The van der Waals surface area contributed by atoms with Crippen LogP contribution in [-0.2, 0) is 0 Å². The standard InChI is InChI=1S/C17H17BrFNO2/c1-12-4-2-5-14(10-12)22-9-3-8-20-17(21)15-11-13(19)6-7-16(15)18/h2,4-7,10-11H,3,8-9H2,1H3,(H,20,21). The van der Waals surface area contributed by atoms with Crippen molar-refractivity contribution in [3.8, 4) is 5.75 Å². The molecule has 3 nitrogen and oxygen atoms in total. The normalized spacial score (nSPS) is 10.3. The number of carbonyl (C=O) groups excluding carboxylic acids is 1. The zero-order valence-corrected chi connectivity index (χ0v) is 13.8. The van der Waals surface area contributed by atoms with Crippen LogP contribution in [0.5, 0.6) is 5.75 Å². The molecule has 0 saturated heterocycles. The summed E-state index contributed by atoms with van der Waals surface area (Å²) in [5, 5.41) is 2.75. The fraction of sp³-hybridized carbons (Fsp3) is 0.235. The van der Waals surface area contributed by atoms with Crippen molar-refractivity contribution in [2.45, 2.75) is 13.3 Å². The predicted molar refractivity (Wildman–Crippen MR) is 87.7 cm³/mol. The molecule has 0 fully saturated rings. The van der Waals surface area contributed by atoms with E-state index < -0.39 is 5.82 Å². The van der Waals surface area contributed by atoms with Crippen molar-refractivity contribution >= 4 is 21.8 Å².